The van der Waals surface area contributed by atoms with E-state index in [-0.39, 0.29) is 0 Å². The largest absolute Gasteiger partial charge is 0.433 e. The van der Waals surface area contributed by atoms with Crippen LogP contribution in [-0.2, 0) is 16.4 Å². The van der Waals surface area contributed by atoms with E-state index < -0.39 is 27.1 Å². The van der Waals surface area contributed by atoms with Crippen LogP contribution in [0.3, 0.4) is 0 Å². The number of rotatable bonds is 1. The van der Waals surface area contributed by atoms with Crippen LogP contribution < -0.4 is 0 Å². The fraction of sp³-hybridized carbons (Fsp3) is 0.167. The first-order valence-corrected chi connectivity index (χ1v) is 4.58. The highest BCUT2D eigenvalue weighted by Gasteiger charge is 2.33. The maximum atomic E-state index is 12.2. The summed E-state index contributed by atoms with van der Waals surface area (Å²) in [6, 6.07) is 1.96. The van der Waals surface area contributed by atoms with Crippen molar-refractivity contribution in [3.63, 3.8) is 0 Å². The van der Waals surface area contributed by atoms with Gasteiger partial charge in [-0.3, -0.25) is 0 Å². The van der Waals surface area contributed by atoms with Crippen molar-refractivity contribution in [3.05, 3.63) is 23.9 Å². The molecule has 0 fully saturated rings. The molecule has 14 heavy (non-hydrogen) atoms. The molecule has 0 unspecified atom stereocenters. The molecule has 1 aromatic heterocycles. The Bertz CT molecular complexity index is 439. The monoisotopic (exact) mass is 229 g/mol. The Morgan fingerprint density at radius 2 is 1.79 bits per heavy atom. The first-order chi connectivity index (χ1) is 6.21. The van der Waals surface area contributed by atoms with Gasteiger partial charge in [0.05, 0.1) is 0 Å². The third-order valence-corrected chi connectivity index (χ3v) is 1.99. The van der Waals surface area contributed by atoms with Gasteiger partial charge in [-0.15, -0.1) is 0 Å². The van der Waals surface area contributed by atoms with E-state index in [0.29, 0.717) is 12.1 Å². The Hall–Kier alpha value is -1.18. The van der Waals surface area contributed by atoms with Crippen molar-refractivity contribution in [2.45, 2.75) is 11.2 Å². The predicted octanol–water partition coefficient (Wildman–Crippen LogP) is 1.76. The number of halogens is 4. The summed E-state index contributed by atoms with van der Waals surface area (Å²) < 4.78 is 68.6. The molecule has 0 radical (unpaired) electrons. The third kappa shape index (κ3) is 2.41. The highest BCUT2D eigenvalue weighted by Crippen LogP contribution is 2.28. The average molecular weight is 229 g/mol. The Morgan fingerprint density at radius 3 is 2.21 bits per heavy atom. The second-order valence-electron chi connectivity index (χ2n) is 2.30. The van der Waals surface area contributed by atoms with Gasteiger partial charge in [0.15, 0.2) is 5.03 Å². The summed E-state index contributed by atoms with van der Waals surface area (Å²) in [7, 11) is -5.20. The van der Waals surface area contributed by atoms with Gasteiger partial charge in [-0.1, -0.05) is 9.95 Å². The van der Waals surface area contributed by atoms with Gasteiger partial charge in [0.1, 0.15) is 5.69 Å². The lowest BCUT2D eigenvalue weighted by Gasteiger charge is -2.04. The zero-order valence-electron chi connectivity index (χ0n) is 6.42. The van der Waals surface area contributed by atoms with Crippen molar-refractivity contribution >= 4 is 10.2 Å². The Labute approximate surface area is 76.6 Å². The smallest absolute Gasteiger partial charge is 0.229 e. The molecule has 0 spiro atoms. The van der Waals surface area contributed by atoms with Gasteiger partial charge >= 0.3 is 16.4 Å². The van der Waals surface area contributed by atoms with E-state index in [0.717, 1.165) is 6.07 Å². The van der Waals surface area contributed by atoms with E-state index in [1.54, 1.807) is 0 Å². The minimum Gasteiger partial charge on any atom is -0.229 e. The molecule has 1 aromatic rings. The number of alkyl halides is 3. The lowest BCUT2D eigenvalue weighted by atomic mass is 10.3. The van der Waals surface area contributed by atoms with Crippen LogP contribution in [-0.4, -0.2) is 13.4 Å². The molecule has 0 aromatic carbocycles. The molecule has 0 saturated carbocycles. The van der Waals surface area contributed by atoms with E-state index in [1.165, 1.54) is 0 Å². The summed E-state index contributed by atoms with van der Waals surface area (Å²) in [5, 5.41) is -1.24. The summed E-state index contributed by atoms with van der Waals surface area (Å²) in [4.78, 5) is 2.63. The molecule has 0 amide bonds. The predicted molar refractivity (Wildman–Crippen MR) is 37.5 cm³/mol. The standard InChI is InChI=1S/C6H3F4NO2S/c7-6(8,9)4-2-1-3-5(11-4)14(10,12)13/h1-3H. The van der Waals surface area contributed by atoms with Crippen molar-refractivity contribution in [3.8, 4) is 0 Å². The van der Waals surface area contributed by atoms with E-state index in [9.17, 15) is 25.5 Å². The van der Waals surface area contributed by atoms with Crippen LogP contribution in [0.2, 0.25) is 0 Å². The van der Waals surface area contributed by atoms with Crippen LogP contribution in [0.5, 0.6) is 0 Å². The molecule has 1 heterocycles. The summed E-state index contributed by atoms with van der Waals surface area (Å²) >= 11 is 0. The van der Waals surface area contributed by atoms with Crippen LogP contribution in [0.15, 0.2) is 23.2 Å². The Balaban J connectivity index is 3.29. The van der Waals surface area contributed by atoms with Crippen molar-refractivity contribution < 1.29 is 25.5 Å². The molecule has 0 saturated heterocycles. The second-order valence-corrected chi connectivity index (χ2v) is 3.59. The Morgan fingerprint density at radius 1 is 1.21 bits per heavy atom. The first-order valence-electron chi connectivity index (χ1n) is 3.20. The number of hydrogen-bond donors (Lipinski definition) is 0. The normalized spacial score (nSPS) is 12.9. The molecule has 0 aliphatic rings. The van der Waals surface area contributed by atoms with E-state index in [2.05, 4.69) is 4.98 Å². The van der Waals surface area contributed by atoms with E-state index in [4.69, 9.17) is 0 Å². The second kappa shape index (κ2) is 3.19. The van der Waals surface area contributed by atoms with E-state index >= 15 is 0 Å². The molecule has 0 aliphatic heterocycles. The number of nitrogens with zero attached hydrogens (tertiary/aromatic N) is 1. The first kappa shape index (κ1) is 10.9. The quantitative estimate of drug-likeness (QED) is 0.544. The van der Waals surface area contributed by atoms with Gasteiger partial charge in [-0.25, -0.2) is 4.98 Å². The molecular weight excluding hydrogens is 226 g/mol. The molecule has 8 heteroatoms. The zero-order chi connectivity index (χ0) is 11.0. The summed E-state index contributed by atoms with van der Waals surface area (Å²) in [5.74, 6) is 0. The molecule has 3 nitrogen and oxygen atoms in total. The molecule has 0 bridgehead atoms. The van der Waals surface area contributed by atoms with Gasteiger partial charge in [-0.05, 0) is 12.1 Å². The number of hydrogen-bond acceptors (Lipinski definition) is 3. The van der Waals surface area contributed by atoms with Crippen molar-refractivity contribution in [1.29, 1.82) is 0 Å². The van der Waals surface area contributed by atoms with Crippen molar-refractivity contribution in [2.24, 2.45) is 0 Å². The fourth-order valence-corrected chi connectivity index (χ4v) is 1.16. The van der Waals surface area contributed by atoms with Crippen molar-refractivity contribution in [1.82, 2.24) is 4.98 Å². The molecule has 0 aliphatic carbocycles. The maximum Gasteiger partial charge on any atom is 0.433 e. The average Bonchev–Trinajstić information content (AvgIpc) is 2.01. The summed E-state index contributed by atoms with van der Waals surface area (Å²) in [6.45, 7) is 0. The topological polar surface area (TPSA) is 47.0 Å². The molecule has 78 valence electrons. The molecular formula is C6H3F4NO2S. The number of pyridine rings is 1. The van der Waals surface area contributed by atoms with Crippen LogP contribution in [0.4, 0.5) is 17.1 Å². The van der Waals surface area contributed by atoms with Gasteiger partial charge in [0.2, 0.25) is 0 Å². The van der Waals surface area contributed by atoms with Crippen molar-refractivity contribution in [2.75, 3.05) is 0 Å². The molecule has 0 N–H and O–H groups in total. The minimum atomic E-state index is -5.20. The van der Waals surface area contributed by atoms with E-state index in [1.807, 2.05) is 0 Å². The van der Waals surface area contributed by atoms with Gasteiger partial charge in [0.25, 0.3) is 0 Å². The van der Waals surface area contributed by atoms with Crippen LogP contribution in [0.1, 0.15) is 5.69 Å². The lowest BCUT2D eigenvalue weighted by Crippen LogP contribution is -2.10. The fourth-order valence-electron chi connectivity index (χ4n) is 0.708. The third-order valence-electron chi connectivity index (χ3n) is 1.26. The lowest BCUT2D eigenvalue weighted by molar-refractivity contribution is -0.141. The van der Waals surface area contributed by atoms with Crippen LogP contribution >= 0.6 is 0 Å². The van der Waals surface area contributed by atoms with Gasteiger partial charge < -0.3 is 0 Å². The minimum absolute atomic E-state index is 0.550. The highest BCUT2D eigenvalue weighted by molar-refractivity contribution is 7.86. The maximum absolute atomic E-state index is 12.2. The van der Waals surface area contributed by atoms with Crippen LogP contribution in [0.25, 0.3) is 0 Å². The SMILES string of the molecule is O=S(=O)(F)c1cccc(C(F)(F)F)n1. The highest BCUT2D eigenvalue weighted by atomic mass is 32.3. The summed E-state index contributed by atoms with van der Waals surface area (Å²) in [6.07, 6.45) is -4.79. The Kier molecular flexibility index (Phi) is 2.49. The summed E-state index contributed by atoms with van der Waals surface area (Å²) in [5.41, 5.74) is -1.45. The molecule has 1 rings (SSSR count). The molecule has 0 atom stereocenters. The number of aromatic nitrogens is 1. The van der Waals surface area contributed by atoms with Gasteiger partial charge in [0, 0.05) is 0 Å². The zero-order valence-corrected chi connectivity index (χ0v) is 7.23. The van der Waals surface area contributed by atoms with Gasteiger partial charge in [-0.2, -0.15) is 21.6 Å². The van der Waals surface area contributed by atoms with Crippen LogP contribution in [0, 0.1) is 0 Å².